The average Bonchev–Trinajstić information content (AvgIpc) is 2.60. The lowest BCUT2D eigenvalue weighted by Crippen LogP contribution is -2.41. The van der Waals surface area contributed by atoms with Crippen LogP contribution >= 0.6 is 0 Å². The van der Waals surface area contributed by atoms with E-state index >= 15 is 0 Å². The summed E-state index contributed by atoms with van der Waals surface area (Å²) < 4.78 is 11.9. The van der Waals surface area contributed by atoms with E-state index in [1.165, 1.54) is 37.7 Å². The molecule has 0 spiro atoms. The summed E-state index contributed by atoms with van der Waals surface area (Å²) in [4.78, 5) is 0. The van der Waals surface area contributed by atoms with Gasteiger partial charge >= 0.3 is 0 Å². The molecule has 2 N–H and O–H groups in total. The van der Waals surface area contributed by atoms with Gasteiger partial charge in [0, 0.05) is 24.7 Å². The van der Waals surface area contributed by atoms with E-state index in [0.29, 0.717) is 37.2 Å². The third-order valence-corrected chi connectivity index (χ3v) is 6.29. The second-order valence-corrected chi connectivity index (χ2v) is 8.16. The summed E-state index contributed by atoms with van der Waals surface area (Å²) in [5, 5.41) is 19.2. The van der Waals surface area contributed by atoms with Crippen molar-refractivity contribution >= 4 is 5.76 Å². The van der Waals surface area contributed by atoms with Gasteiger partial charge in [-0.3, -0.25) is 0 Å². The minimum absolute atomic E-state index is 0.103. The molecule has 1 aromatic carbocycles. The smallest absolute Gasteiger partial charge is 0.126 e. The Morgan fingerprint density at radius 3 is 2.35 bits per heavy atom. The molecule has 4 bridgehead atoms. The maximum atomic E-state index is 10.2. The molecular weight excluding hydrogens is 328 g/mol. The third kappa shape index (κ3) is 3.44. The van der Waals surface area contributed by atoms with E-state index in [1.807, 2.05) is 13.0 Å². The van der Waals surface area contributed by atoms with Crippen molar-refractivity contribution in [2.45, 2.75) is 45.4 Å². The predicted octanol–water partition coefficient (Wildman–Crippen LogP) is 4.36. The maximum Gasteiger partial charge on any atom is 0.126 e. The predicted molar refractivity (Wildman–Crippen MR) is 101 cm³/mol. The summed E-state index contributed by atoms with van der Waals surface area (Å²) in [6.07, 6.45) is 7.22. The van der Waals surface area contributed by atoms with Gasteiger partial charge in [-0.05, 0) is 80.4 Å². The standard InChI is InChI=1S/C22H30O4/c1-2-25-22(18-11-19(24)13-20(12-18)26-5-3-4-23)21-16-7-14-6-15(9-16)10-17(21)8-14/h11-17,23-24H,2-10H2,1H3. The minimum atomic E-state index is 0.103. The highest BCUT2D eigenvalue weighted by atomic mass is 16.5. The topological polar surface area (TPSA) is 58.9 Å². The molecule has 0 saturated heterocycles. The molecule has 4 aliphatic rings. The Balaban J connectivity index is 1.68. The number of hydrogen-bond donors (Lipinski definition) is 2. The third-order valence-electron chi connectivity index (χ3n) is 6.29. The molecule has 5 rings (SSSR count). The number of rotatable bonds is 7. The van der Waals surface area contributed by atoms with Gasteiger partial charge in [0.05, 0.1) is 13.2 Å². The van der Waals surface area contributed by atoms with Crippen LogP contribution < -0.4 is 4.74 Å². The van der Waals surface area contributed by atoms with Crippen LogP contribution in [0.15, 0.2) is 23.8 Å². The fourth-order valence-corrected chi connectivity index (χ4v) is 5.59. The fourth-order valence-electron chi connectivity index (χ4n) is 5.59. The van der Waals surface area contributed by atoms with Crippen molar-refractivity contribution in [3.05, 3.63) is 29.3 Å². The molecule has 1 aromatic rings. The van der Waals surface area contributed by atoms with E-state index in [2.05, 4.69) is 0 Å². The van der Waals surface area contributed by atoms with Crippen LogP contribution in [0, 0.1) is 23.7 Å². The molecule has 0 unspecified atom stereocenters. The monoisotopic (exact) mass is 358 g/mol. The molecule has 4 fully saturated rings. The first kappa shape index (κ1) is 17.7. The normalized spacial score (nSPS) is 29.1. The summed E-state index contributed by atoms with van der Waals surface area (Å²) in [5.41, 5.74) is 2.42. The summed E-state index contributed by atoms with van der Waals surface area (Å²) in [5.74, 6) is 4.92. The first-order valence-electron chi connectivity index (χ1n) is 10.1. The van der Waals surface area contributed by atoms with Crippen molar-refractivity contribution in [2.24, 2.45) is 23.7 Å². The summed E-state index contributed by atoms with van der Waals surface area (Å²) in [6, 6.07) is 5.40. The van der Waals surface area contributed by atoms with Crippen molar-refractivity contribution in [3.8, 4) is 11.5 Å². The van der Waals surface area contributed by atoms with E-state index < -0.39 is 0 Å². The highest BCUT2D eigenvalue weighted by molar-refractivity contribution is 5.67. The van der Waals surface area contributed by atoms with Crippen LogP contribution in [-0.2, 0) is 4.74 Å². The van der Waals surface area contributed by atoms with Gasteiger partial charge in [0.1, 0.15) is 17.3 Å². The molecule has 26 heavy (non-hydrogen) atoms. The van der Waals surface area contributed by atoms with Gasteiger partial charge in [-0.15, -0.1) is 0 Å². The molecule has 0 atom stereocenters. The molecule has 4 nitrogen and oxygen atoms in total. The molecule has 142 valence electrons. The molecule has 4 heteroatoms. The van der Waals surface area contributed by atoms with Gasteiger partial charge in [0.2, 0.25) is 0 Å². The lowest BCUT2D eigenvalue weighted by Gasteiger charge is -2.51. The lowest BCUT2D eigenvalue weighted by atomic mass is 9.54. The van der Waals surface area contributed by atoms with E-state index in [-0.39, 0.29) is 12.4 Å². The van der Waals surface area contributed by atoms with Crippen LogP contribution in [0.5, 0.6) is 11.5 Å². The van der Waals surface area contributed by atoms with Crippen LogP contribution in [0.1, 0.15) is 51.0 Å². The van der Waals surface area contributed by atoms with E-state index in [4.69, 9.17) is 14.6 Å². The number of aliphatic hydroxyl groups is 1. The summed E-state index contributed by atoms with van der Waals surface area (Å²) in [7, 11) is 0. The summed E-state index contributed by atoms with van der Waals surface area (Å²) in [6.45, 7) is 3.19. The van der Waals surface area contributed by atoms with Gasteiger partial charge in [-0.25, -0.2) is 0 Å². The highest BCUT2D eigenvalue weighted by Crippen LogP contribution is 2.58. The quantitative estimate of drug-likeness (QED) is 0.562. The van der Waals surface area contributed by atoms with Gasteiger partial charge in [0.25, 0.3) is 0 Å². The number of phenolic OH excluding ortho intramolecular Hbond substituents is 1. The second-order valence-electron chi connectivity index (χ2n) is 8.16. The van der Waals surface area contributed by atoms with Gasteiger partial charge < -0.3 is 19.7 Å². The molecule has 0 aliphatic heterocycles. The maximum absolute atomic E-state index is 10.2. The molecule has 0 heterocycles. The van der Waals surface area contributed by atoms with Crippen LogP contribution in [0.2, 0.25) is 0 Å². The van der Waals surface area contributed by atoms with Crippen molar-refractivity contribution < 1.29 is 19.7 Å². The van der Waals surface area contributed by atoms with Crippen LogP contribution in [-0.4, -0.2) is 30.0 Å². The van der Waals surface area contributed by atoms with E-state index in [1.54, 1.807) is 12.1 Å². The molecule has 0 radical (unpaired) electrons. The van der Waals surface area contributed by atoms with Crippen LogP contribution in [0.25, 0.3) is 5.76 Å². The van der Waals surface area contributed by atoms with Crippen LogP contribution in [0.4, 0.5) is 0 Å². The Morgan fingerprint density at radius 1 is 1.04 bits per heavy atom. The Kier molecular flexibility index (Phi) is 5.12. The molecule has 4 aliphatic carbocycles. The number of aromatic hydroxyl groups is 1. The zero-order valence-corrected chi connectivity index (χ0v) is 15.6. The first-order chi connectivity index (χ1) is 12.7. The average molecular weight is 358 g/mol. The van der Waals surface area contributed by atoms with Crippen molar-refractivity contribution in [3.63, 3.8) is 0 Å². The van der Waals surface area contributed by atoms with Gasteiger partial charge in [-0.1, -0.05) is 0 Å². The van der Waals surface area contributed by atoms with Crippen molar-refractivity contribution in [1.29, 1.82) is 0 Å². The lowest BCUT2D eigenvalue weighted by molar-refractivity contribution is 0.0668. The van der Waals surface area contributed by atoms with Crippen molar-refractivity contribution in [2.75, 3.05) is 19.8 Å². The number of allylic oxidation sites excluding steroid dienone is 1. The van der Waals surface area contributed by atoms with Crippen LogP contribution in [0.3, 0.4) is 0 Å². The minimum Gasteiger partial charge on any atom is -0.508 e. The Hall–Kier alpha value is -1.68. The summed E-state index contributed by atoms with van der Waals surface area (Å²) >= 11 is 0. The molecule has 0 amide bonds. The highest BCUT2D eigenvalue weighted by Gasteiger charge is 2.46. The number of benzene rings is 1. The number of phenols is 1. The number of ether oxygens (including phenoxy) is 2. The van der Waals surface area contributed by atoms with Gasteiger partial charge in [-0.2, -0.15) is 0 Å². The van der Waals surface area contributed by atoms with Gasteiger partial charge in [0.15, 0.2) is 0 Å². The van der Waals surface area contributed by atoms with Crippen molar-refractivity contribution in [1.82, 2.24) is 0 Å². The zero-order chi connectivity index (χ0) is 18.1. The Morgan fingerprint density at radius 2 is 1.73 bits per heavy atom. The second kappa shape index (κ2) is 7.51. The molecule has 4 saturated carbocycles. The first-order valence-corrected chi connectivity index (χ1v) is 10.1. The largest absolute Gasteiger partial charge is 0.508 e. The number of aliphatic hydroxyl groups excluding tert-OH is 1. The SMILES string of the molecule is CCOC(=C1C2CC3CC(C2)CC1C3)c1cc(O)cc(OCCCO)c1. The van der Waals surface area contributed by atoms with E-state index in [9.17, 15) is 5.11 Å². The Labute approximate surface area is 155 Å². The fraction of sp³-hybridized carbons (Fsp3) is 0.636. The molecule has 0 aromatic heterocycles. The zero-order valence-electron chi connectivity index (χ0n) is 15.6. The molecular formula is C22H30O4. The van der Waals surface area contributed by atoms with E-state index in [0.717, 1.165) is 23.2 Å². The Bertz CT molecular complexity index is 649. The number of hydrogen-bond acceptors (Lipinski definition) is 4.